The molecule has 718 valence electrons. The van der Waals surface area contributed by atoms with Crippen LogP contribution in [0.25, 0.3) is 65.6 Å². The first-order chi connectivity index (χ1) is 65.0. The summed E-state index contributed by atoms with van der Waals surface area (Å²) in [5.41, 5.74) is 11.0. The third kappa shape index (κ3) is 22.3. The summed E-state index contributed by atoms with van der Waals surface area (Å²) < 4.78 is 208. The normalized spacial score (nSPS) is 12.4. The van der Waals surface area contributed by atoms with Crippen LogP contribution < -0.4 is 20.7 Å². The van der Waals surface area contributed by atoms with E-state index in [0.29, 0.717) is 54.9 Å². The Kier molecular flexibility index (Phi) is 29.2. The molecule has 0 aromatic heterocycles. The lowest BCUT2D eigenvalue weighted by Crippen LogP contribution is -2.16. The lowest BCUT2D eigenvalue weighted by atomic mass is 10.0. The zero-order valence-corrected chi connectivity index (χ0v) is 81.8. The van der Waals surface area contributed by atoms with Crippen molar-refractivity contribution in [3.8, 4) is 46.0 Å². The van der Waals surface area contributed by atoms with E-state index in [0.717, 1.165) is 61.1 Å². The first-order valence-electron chi connectivity index (χ1n) is 41.0. The van der Waals surface area contributed by atoms with Gasteiger partial charge in [-0.1, -0.05) is 125 Å². The first-order valence-corrected chi connectivity index (χ1v) is 50.4. The van der Waals surface area contributed by atoms with Gasteiger partial charge in [-0.3, -0.25) is 32.7 Å². The number of azo groups is 4. The Morgan fingerprint density at radius 1 is 0.353 bits per heavy atom. The predicted molar refractivity (Wildman–Crippen MR) is 527 cm³/mol. The number of aromatic hydroxyl groups is 4. The van der Waals surface area contributed by atoms with Crippen LogP contribution in [0.4, 0.5) is 62.6 Å². The topological polar surface area (TPSA) is 589 Å². The van der Waals surface area contributed by atoms with Crippen LogP contribution >= 0.6 is 23.2 Å². The standard InChI is InChI=1S/C20H20N2O4S.C19H11Cl2N3O8S2.C19H19N3O4S.C19H18N2O4S.C18H16N2O4S/c1-11-5-6-16-15(7-11)8-14(4)19(20(16)23)22-21-17-9-12(2)13(3)10-18(17)27(24,25)26;1-6-2-4-8-14(18(6)33(25,26)27)31-16-10(20)13-17(11(21)12(16)23-8)32-15-9(24-13)5-3-7(22)19(15)34(28,29)30;1-11-4-7-16(17(8-11)27(24,25)26)21-22-18-12(2)9-13-10-14(20-3)5-6-15(13)19(18)23;1-11-4-6-15-14(8-11)10-13(3)18(19(15)22)21-20-16-9-12(2)5-7-17(16)26(23,24)25;1-11-7-8-14-13(9-11)10-12(2)17(18(14)21)20-19-15-5-3-4-6-16(15)25(22,23)24/h5-10,23H,1-4H3,(H,24,25,26);2-5,22-23H,1H3,(H,25,26,27)(H,28,29,30);4-10,20,23H,1-3H3,(H,24,25,26);4-10,22H,1-3H3,(H,23,24,25);3-10,21H,1-2H3,(H,22,23,24). The molecule has 0 atom stereocenters. The third-order valence-corrected chi connectivity index (χ3v) is 28.0. The van der Waals surface area contributed by atoms with Crippen LogP contribution in [0.1, 0.15) is 66.8 Å². The van der Waals surface area contributed by atoms with Crippen LogP contribution in [-0.4, -0.2) is 110 Å². The molecule has 0 spiro atoms. The molecule has 0 radical (unpaired) electrons. The van der Waals surface area contributed by atoms with E-state index in [1.165, 1.54) is 73.7 Å². The minimum absolute atomic E-state index is 0.00666. The van der Waals surface area contributed by atoms with Gasteiger partial charge in [-0.2, -0.15) is 50.5 Å². The summed E-state index contributed by atoms with van der Waals surface area (Å²) in [5.74, 6) is -0.855. The molecular formula is C95H84Cl2N12O24S6. The Bertz CT molecular complexity index is 8780. The number of fused-ring (bicyclic) bond motifs is 8. The van der Waals surface area contributed by atoms with Gasteiger partial charge in [0.05, 0.1) is 11.0 Å². The maximum absolute atomic E-state index is 12.0. The Labute approximate surface area is 805 Å². The molecule has 0 fully saturated rings. The number of benzene rings is 15. The zero-order chi connectivity index (χ0) is 102. The minimum Gasteiger partial charge on any atom is -0.505 e. The molecule has 13 N–H and O–H groups in total. The van der Waals surface area contributed by atoms with Crippen LogP contribution in [0.5, 0.6) is 34.5 Å². The molecule has 17 rings (SSSR count). The third-order valence-electron chi connectivity index (χ3n) is 21.8. The second-order valence-electron chi connectivity index (χ2n) is 32.2. The highest BCUT2D eigenvalue weighted by Crippen LogP contribution is 2.56. The predicted octanol–water partition coefficient (Wildman–Crippen LogP) is 24.6. The summed E-state index contributed by atoms with van der Waals surface area (Å²) in [7, 11) is -25.5. The Balaban J connectivity index is 0.000000147. The number of aromatic nitrogens is 1. The van der Waals surface area contributed by atoms with Crippen molar-refractivity contribution in [3.05, 3.63) is 276 Å². The van der Waals surface area contributed by atoms with Gasteiger partial charge < -0.3 is 40.2 Å². The van der Waals surface area contributed by atoms with E-state index in [1.54, 1.807) is 97.0 Å². The fraction of sp³-hybridized carbons (Fsp3) is 0.137. The zero-order valence-electron chi connectivity index (χ0n) is 75.4. The number of halogens is 2. The summed E-state index contributed by atoms with van der Waals surface area (Å²) in [6.45, 7) is 21.5. The number of nitrogens with zero attached hydrogens (tertiary/aromatic N) is 9. The SMILES string of the molecule is CNc1ccc2c(O)c(N=Nc3ccc(C)cc3S(=O)(=O)O)c(C)cc2c1.Cc1ccc(S(=O)(=O)O)c(N=Nc2c(C)cc3cc(C)ccc3c2O)c1.Cc1ccc2c(O)c(N=Nc3cc(C)c(C)cc3S(=O)(=O)O)c(C)cc2c1.Cc1ccc2c(O)c(N=Nc3ccccc3S(=O)(=O)O)c(C)cc2c1.Cc1ccc2c(c1S(=O)(=O)O)Oc1c(c(Cl)c3oc4c(S(=O)(=O)O)c(=N)ccc-4nc3c1Cl)N2. The van der Waals surface area contributed by atoms with E-state index in [9.17, 15) is 98.2 Å². The largest absolute Gasteiger partial charge is 0.505 e. The van der Waals surface area contributed by atoms with Crippen LogP contribution in [0.2, 0.25) is 10.0 Å². The number of ether oxygens (including phenoxy) is 1. The van der Waals surface area contributed by atoms with Crippen molar-refractivity contribution >= 4 is 201 Å². The molecule has 139 heavy (non-hydrogen) atoms. The van der Waals surface area contributed by atoms with E-state index >= 15 is 0 Å². The molecule has 36 nitrogen and oxygen atoms in total. The van der Waals surface area contributed by atoms with Gasteiger partial charge in [0.15, 0.2) is 50.7 Å². The van der Waals surface area contributed by atoms with Gasteiger partial charge in [0.25, 0.3) is 60.7 Å². The molecule has 1 aliphatic carbocycles. The second kappa shape index (κ2) is 39.7. The lowest BCUT2D eigenvalue weighted by Gasteiger charge is -2.26. The van der Waals surface area contributed by atoms with Crippen molar-refractivity contribution in [1.82, 2.24) is 4.98 Å². The summed E-state index contributed by atoms with van der Waals surface area (Å²) >= 11 is 13.0. The second-order valence-corrected chi connectivity index (χ2v) is 41.2. The quantitative estimate of drug-likeness (QED) is 0.0257. The van der Waals surface area contributed by atoms with Gasteiger partial charge in [0.2, 0.25) is 0 Å². The highest BCUT2D eigenvalue weighted by Gasteiger charge is 2.35. The number of aryl methyl sites for hydroxylation is 12. The maximum Gasteiger partial charge on any atom is 0.300 e. The molecule has 14 aromatic rings. The monoisotopic (exact) mass is 2040 g/mol. The Morgan fingerprint density at radius 3 is 1.20 bits per heavy atom. The summed E-state index contributed by atoms with van der Waals surface area (Å²) in [4.78, 5) is 1.68. The molecule has 44 heteroatoms. The van der Waals surface area contributed by atoms with Crippen LogP contribution in [-0.2, 0) is 60.7 Å². The van der Waals surface area contributed by atoms with Crippen LogP contribution in [0.15, 0.2) is 269 Å². The number of phenols is 4. The molecule has 2 heterocycles. The number of anilines is 3. The molecule has 0 bridgehead atoms. The van der Waals surface area contributed by atoms with Crippen LogP contribution in [0, 0.1) is 88.5 Å². The van der Waals surface area contributed by atoms with Crippen molar-refractivity contribution in [3.63, 3.8) is 0 Å². The molecule has 0 saturated heterocycles. The van der Waals surface area contributed by atoms with Gasteiger partial charge in [-0.25, -0.2) is 4.98 Å². The fourth-order valence-electron chi connectivity index (χ4n) is 14.8. The van der Waals surface area contributed by atoms with E-state index in [-0.39, 0.29) is 143 Å². The summed E-state index contributed by atoms with van der Waals surface area (Å²) in [5, 5.41) is 93.3. The van der Waals surface area contributed by atoms with E-state index in [1.807, 2.05) is 108 Å². The molecule has 2 aliphatic heterocycles. The van der Waals surface area contributed by atoms with Crippen LogP contribution in [0.3, 0.4) is 0 Å². The van der Waals surface area contributed by atoms with Crippen molar-refractivity contribution in [2.75, 3.05) is 17.7 Å². The smallest absolute Gasteiger partial charge is 0.300 e. The number of hydrogen-bond donors (Lipinski definition) is 13. The van der Waals surface area contributed by atoms with Crippen molar-refractivity contribution in [2.45, 2.75) is 112 Å². The lowest BCUT2D eigenvalue weighted by molar-refractivity contribution is 0.447. The molecule has 3 aliphatic rings. The molecule has 0 unspecified atom stereocenters. The molecule has 0 amide bonds. The number of nitrogens with one attached hydrogen (secondary N) is 3. The van der Waals surface area contributed by atoms with Gasteiger partial charge in [0, 0.05) is 34.3 Å². The fourth-order valence-corrected chi connectivity index (χ4v) is 19.5. The van der Waals surface area contributed by atoms with Gasteiger partial charge >= 0.3 is 0 Å². The number of hydrogen-bond acceptors (Lipinski definition) is 30. The first kappa shape index (κ1) is 102. The van der Waals surface area contributed by atoms with E-state index < -0.39 is 81.6 Å². The molecule has 0 saturated carbocycles. The van der Waals surface area contributed by atoms with Gasteiger partial charge in [-0.15, -0.1) is 40.9 Å². The average molecular weight is 2040 g/mol. The maximum atomic E-state index is 12.0. The molecule has 14 aromatic carbocycles. The van der Waals surface area contributed by atoms with E-state index in [4.69, 9.17) is 37.8 Å². The average Bonchev–Trinajstić information content (AvgIpc) is 0.721. The Morgan fingerprint density at radius 2 is 0.741 bits per heavy atom. The summed E-state index contributed by atoms with van der Waals surface area (Å²) in [6, 6.07) is 52.6. The number of phenolic OH excluding ortho intramolecular Hbond substituents is 4. The number of rotatable bonds is 15. The highest BCUT2D eigenvalue weighted by atomic mass is 35.5. The van der Waals surface area contributed by atoms with Crippen molar-refractivity contribution in [2.24, 2.45) is 40.9 Å². The Hall–Kier alpha value is -14.2. The minimum atomic E-state index is -4.85. The van der Waals surface area contributed by atoms with Crippen molar-refractivity contribution < 1.29 is 107 Å². The van der Waals surface area contributed by atoms with Gasteiger partial charge in [-0.05, 0) is 264 Å². The highest BCUT2D eigenvalue weighted by molar-refractivity contribution is 7.87. The molecular weight excluding hydrogens is 1960 g/mol. The van der Waals surface area contributed by atoms with Gasteiger partial charge in [0.1, 0.15) is 96.9 Å². The summed E-state index contributed by atoms with van der Waals surface area (Å²) in [6.07, 6.45) is 0. The van der Waals surface area contributed by atoms with E-state index in [2.05, 4.69) is 56.5 Å². The van der Waals surface area contributed by atoms with Crippen molar-refractivity contribution in [1.29, 1.82) is 5.41 Å².